The van der Waals surface area contributed by atoms with Crippen molar-refractivity contribution in [2.75, 3.05) is 13.1 Å². The average Bonchev–Trinajstić information content (AvgIpc) is 2.72. The zero-order valence-electron chi connectivity index (χ0n) is 11.2. The summed E-state index contributed by atoms with van der Waals surface area (Å²) >= 11 is 0. The van der Waals surface area contributed by atoms with Crippen LogP contribution in [0.25, 0.3) is 0 Å². The summed E-state index contributed by atoms with van der Waals surface area (Å²) in [6.07, 6.45) is 3.29. The molecule has 2 N–H and O–H groups in total. The van der Waals surface area contributed by atoms with E-state index in [9.17, 15) is 14.9 Å². The summed E-state index contributed by atoms with van der Waals surface area (Å²) in [5.41, 5.74) is 0. The zero-order valence-corrected chi connectivity index (χ0v) is 12.0. The van der Waals surface area contributed by atoms with Gasteiger partial charge in [0, 0.05) is 19.5 Å². The molecule has 0 spiro atoms. The molecular weight excluding hydrogens is 286 g/mol. The number of hydrogen-bond donors (Lipinski definition) is 2. The topological polar surface area (TPSA) is 102 Å². The second-order valence-corrected chi connectivity index (χ2v) is 4.64. The lowest BCUT2D eigenvalue weighted by Crippen LogP contribution is -2.46. The highest BCUT2D eigenvalue weighted by molar-refractivity contribution is 5.85. The molecule has 0 radical (unpaired) electrons. The van der Waals surface area contributed by atoms with Gasteiger partial charge in [-0.3, -0.25) is 9.36 Å². The molecule has 0 aromatic carbocycles. The Hall–Kier alpha value is -1.67. The summed E-state index contributed by atoms with van der Waals surface area (Å²) in [5, 5.41) is 16.7. The Kier molecular flexibility index (Phi) is 5.90. The average molecular weight is 304 g/mol. The van der Waals surface area contributed by atoms with Crippen LogP contribution in [0.4, 0.5) is 5.82 Å². The molecule has 8 nitrogen and oxygen atoms in total. The van der Waals surface area contributed by atoms with E-state index in [4.69, 9.17) is 0 Å². The molecule has 1 fully saturated rings. The molecule has 0 bridgehead atoms. The van der Waals surface area contributed by atoms with E-state index < -0.39 is 4.92 Å². The van der Waals surface area contributed by atoms with Gasteiger partial charge in [-0.1, -0.05) is 0 Å². The van der Waals surface area contributed by atoms with Crippen LogP contribution in [-0.4, -0.2) is 39.5 Å². The molecule has 1 aromatic heterocycles. The Morgan fingerprint density at radius 3 is 3.00 bits per heavy atom. The van der Waals surface area contributed by atoms with Crippen molar-refractivity contribution in [3.8, 4) is 0 Å². The van der Waals surface area contributed by atoms with E-state index in [2.05, 4.69) is 15.6 Å². The van der Waals surface area contributed by atoms with E-state index in [1.54, 1.807) is 6.92 Å². The van der Waals surface area contributed by atoms with Gasteiger partial charge in [-0.15, -0.1) is 12.4 Å². The first-order valence-electron chi connectivity index (χ1n) is 6.24. The van der Waals surface area contributed by atoms with Crippen LogP contribution >= 0.6 is 12.4 Å². The van der Waals surface area contributed by atoms with Crippen LogP contribution in [0.2, 0.25) is 0 Å². The smallest absolute Gasteiger partial charge is 0.358 e. The normalized spacial score (nSPS) is 18.1. The fourth-order valence-corrected chi connectivity index (χ4v) is 2.14. The SMILES string of the molecule is Cc1nc([N+](=O)[O-])cn1CC(=O)NC1CCCNC1.Cl. The predicted molar refractivity (Wildman–Crippen MR) is 74.9 cm³/mol. The van der Waals surface area contributed by atoms with Gasteiger partial charge in [-0.25, -0.2) is 0 Å². The molecule has 1 aliphatic rings. The van der Waals surface area contributed by atoms with Gasteiger partial charge in [0.15, 0.2) is 0 Å². The Morgan fingerprint density at radius 2 is 2.45 bits per heavy atom. The number of piperidine rings is 1. The molecule has 2 heterocycles. The van der Waals surface area contributed by atoms with Gasteiger partial charge < -0.3 is 20.7 Å². The van der Waals surface area contributed by atoms with E-state index in [0.29, 0.717) is 5.82 Å². The van der Waals surface area contributed by atoms with Gasteiger partial charge >= 0.3 is 5.82 Å². The third kappa shape index (κ3) is 4.17. The van der Waals surface area contributed by atoms with Crippen molar-refractivity contribution >= 4 is 24.1 Å². The lowest BCUT2D eigenvalue weighted by atomic mass is 10.1. The Balaban J connectivity index is 0.00000200. The largest absolute Gasteiger partial charge is 0.381 e. The van der Waals surface area contributed by atoms with Crippen molar-refractivity contribution in [3.63, 3.8) is 0 Å². The first-order valence-corrected chi connectivity index (χ1v) is 6.24. The molecule has 112 valence electrons. The van der Waals surface area contributed by atoms with Gasteiger partial charge in [0.1, 0.15) is 12.7 Å². The van der Waals surface area contributed by atoms with E-state index in [-0.39, 0.29) is 36.7 Å². The van der Waals surface area contributed by atoms with Crippen LogP contribution in [-0.2, 0) is 11.3 Å². The lowest BCUT2D eigenvalue weighted by molar-refractivity contribution is -0.389. The molecule has 2 rings (SSSR count). The number of imidazole rings is 1. The second kappa shape index (κ2) is 7.20. The molecular formula is C11H18ClN5O3. The number of carbonyl (C=O) groups is 1. The van der Waals surface area contributed by atoms with Gasteiger partial charge in [0.25, 0.3) is 0 Å². The lowest BCUT2D eigenvalue weighted by Gasteiger charge is -2.23. The molecule has 1 atom stereocenters. The van der Waals surface area contributed by atoms with Crippen molar-refractivity contribution in [1.82, 2.24) is 20.2 Å². The van der Waals surface area contributed by atoms with Crippen LogP contribution in [0.15, 0.2) is 6.20 Å². The number of aromatic nitrogens is 2. The molecule has 1 saturated heterocycles. The van der Waals surface area contributed by atoms with Gasteiger partial charge in [-0.05, 0) is 29.3 Å². The highest BCUT2D eigenvalue weighted by Gasteiger charge is 2.19. The third-order valence-electron chi connectivity index (χ3n) is 3.13. The zero-order chi connectivity index (χ0) is 13.8. The van der Waals surface area contributed by atoms with Crippen LogP contribution in [0, 0.1) is 17.0 Å². The monoisotopic (exact) mass is 303 g/mol. The Bertz CT molecular complexity index is 484. The molecule has 1 aliphatic heterocycles. The van der Waals surface area contributed by atoms with E-state index in [1.807, 2.05) is 0 Å². The van der Waals surface area contributed by atoms with E-state index in [0.717, 1.165) is 25.9 Å². The number of amides is 1. The summed E-state index contributed by atoms with van der Waals surface area (Å²) in [6, 6.07) is 0.139. The minimum Gasteiger partial charge on any atom is -0.358 e. The van der Waals surface area contributed by atoms with Crippen LogP contribution in [0.3, 0.4) is 0 Å². The summed E-state index contributed by atoms with van der Waals surface area (Å²) in [6.45, 7) is 3.46. The number of nitro groups is 1. The van der Waals surface area contributed by atoms with Crippen molar-refractivity contribution in [2.24, 2.45) is 0 Å². The minimum atomic E-state index is -0.563. The van der Waals surface area contributed by atoms with E-state index >= 15 is 0 Å². The van der Waals surface area contributed by atoms with Crippen LogP contribution in [0.1, 0.15) is 18.7 Å². The Morgan fingerprint density at radius 1 is 1.70 bits per heavy atom. The predicted octanol–water partition coefficient (Wildman–Crippen LogP) is 0.390. The van der Waals surface area contributed by atoms with Crippen molar-refractivity contribution in [1.29, 1.82) is 0 Å². The molecule has 1 aromatic rings. The molecule has 0 saturated carbocycles. The standard InChI is InChI=1S/C11H17N5O3.ClH/c1-8-13-10(16(18)19)6-15(8)7-11(17)14-9-3-2-4-12-5-9;/h6,9,12H,2-5,7H2,1H3,(H,14,17);1H. The highest BCUT2D eigenvalue weighted by atomic mass is 35.5. The third-order valence-corrected chi connectivity index (χ3v) is 3.13. The van der Waals surface area contributed by atoms with Crippen LogP contribution < -0.4 is 10.6 Å². The number of carbonyl (C=O) groups excluding carboxylic acids is 1. The minimum absolute atomic E-state index is 0. The number of halogens is 1. The molecule has 0 aliphatic carbocycles. The maximum absolute atomic E-state index is 11.9. The van der Waals surface area contributed by atoms with Gasteiger partial charge in [0.2, 0.25) is 11.7 Å². The summed E-state index contributed by atoms with van der Waals surface area (Å²) < 4.78 is 1.49. The number of hydrogen-bond acceptors (Lipinski definition) is 5. The quantitative estimate of drug-likeness (QED) is 0.619. The fourth-order valence-electron chi connectivity index (χ4n) is 2.14. The van der Waals surface area contributed by atoms with E-state index in [1.165, 1.54) is 10.8 Å². The molecule has 1 unspecified atom stereocenters. The van der Waals surface area contributed by atoms with Gasteiger partial charge in [-0.2, -0.15) is 0 Å². The van der Waals surface area contributed by atoms with Crippen LogP contribution in [0.5, 0.6) is 0 Å². The maximum atomic E-state index is 11.9. The number of nitrogens with zero attached hydrogens (tertiary/aromatic N) is 3. The maximum Gasteiger partial charge on any atom is 0.381 e. The summed E-state index contributed by atoms with van der Waals surface area (Å²) in [5.74, 6) is 0.0809. The van der Waals surface area contributed by atoms with Crippen molar-refractivity contribution in [2.45, 2.75) is 32.4 Å². The van der Waals surface area contributed by atoms with Crippen molar-refractivity contribution in [3.05, 3.63) is 22.1 Å². The second-order valence-electron chi connectivity index (χ2n) is 4.64. The van der Waals surface area contributed by atoms with Crippen molar-refractivity contribution < 1.29 is 9.72 Å². The highest BCUT2D eigenvalue weighted by Crippen LogP contribution is 2.10. The molecule has 20 heavy (non-hydrogen) atoms. The Labute approximate surface area is 122 Å². The number of nitrogens with one attached hydrogen (secondary N) is 2. The molecule has 9 heteroatoms. The summed E-state index contributed by atoms with van der Waals surface area (Å²) in [4.78, 5) is 25.7. The van der Waals surface area contributed by atoms with Gasteiger partial charge in [0.05, 0.1) is 0 Å². The number of rotatable bonds is 4. The fraction of sp³-hybridized carbons (Fsp3) is 0.636. The first kappa shape index (κ1) is 16.4. The molecule has 1 amide bonds. The first-order chi connectivity index (χ1) is 9.06. The number of aryl methyl sites for hydroxylation is 1. The summed E-state index contributed by atoms with van der Waals surface area (Å²) in [7, 11) is 0.